The van der Waals surface area contributed by atoms with E-state index in [-0.39, 0.29) is 11.5 Å². The lowest BCUT2D eigenvalue weighted by molar-refractivity contribution is -0.165. The van der Waals surface area contributed by atoms with Crippen molar-refractivity contribution in [2.75, 3.05) is 13.2 Å². The lowest BCUT2D eigenvalue weighted by atomic mass is 9.81. The van der Waals surface area contributed by atoms with Crippen LogP contribution in [0.15, 0.2) is 18.2 Å². The zero-order chi connectivity index (χ0) is 14.3. The lowest BCUT2D eigenvalue weighted by Gasteiger charge is -2.34. The Balaban J connectivity index is 1.97. The predicted molar refractivity (Wildman–Crippen MR) is 67.3 cm³/mol. The fraction of sp³-hybridized carbons (Fsp3) is 0.467. The van der Waals surface area contributed by atoms with E-state index in [1.165, 1.54) is 0 Å². The molecule has 1 spiro atoms. The Hall–Kier alpha value is -1.33. The second kappa shape index (κ2) is 4.90. The van der Waals surface area contributed by atoms with E-state index in [1.807, 2.05) is 6.92 Å². The van der Waals surface area contributed by atoms with Crippen molar-refractivity contribution in [3.05, 3.63) is 41.2 Å². The Morgan fingerprint density at radius 2 is 1.85 bits per heavy atom. The largest absolute Gasteiger partial charge is 0.347 e. The van der Waals surface area contributed by atoms with Gasteiger partial charge in [0.05, 0.1) is 13.2 Å². The first-order valence-corrected chi connectivity index (χ1v) is 6.64. The smallest absolute Gasteiger partial charge is 0.172 e. The van der Waals surface area contributed by atoms with Crippen molar-refractivity contribution >= 4 is 5.57 Å². The van der Waals surface area contributed by atoms with Crippen molar-refractivity contribution in [2.45, 2.75) is 25.6 Å². The van der Waals surface area contributed by atoms with Gasteiger partial charge in [-0.05, 0) is 17.6 Å². The average Bonchev–Trinajstić information content (AvgIpc) is 2.82. The van der Waals surface area contributed by atoms with Gasteiger partial charge in [0.2, 0.25) is 0 Å². The van der Waals surface area contributed by atoms with Crippen LogP contribution in [0, 0.1) is 23.4 Å². The third kappa shape index (κ3) is 2.25. The molecule has 5 heteroatoms. The van der Waals surface area contributed by atoms with Crippen LogP contribution in [0.2, 0.25) is 0 Å². The number of ether oxygens (including phenoxy) is 2. The highest BCUT2D eigenvalue weighted by Gasteiger charge is 2.41. The molecule has 2 aliphatic rings. The molecule has 2 nitrogen and oxygen atoms in total. The molecule has 3 rings (SSSR count). The highest BCUT2D eigenvalue weighted by atomic mass is 19.2. The standard InChI is InChI=1S/C15H15F3O2/c1-9-8-15(19-4-5-20-15)3-2-11(9)12-6-10(16)7-13(17)14(12)18/h2,6-7,9H,3-5,8H2,1H3. The van der Waals surface area contributed by atoms with Crippen molar-refractivity contribution < 1.29 is 22.6 Å². The van der Waals surface area contributed by atoms with Gasteiger partial charge in [-0.1, -0.05) is 13.0 Å². The molecule has 1 saturated heterocycles. The van der Waals surface area contributed by atoms with E-state index >= 15 is 0 Å². The summed E-state index contributed by atoms with van der Waals surface area (Å²) in [6.07, 6.45) is 2.78. The second-order valence-electron chi connectivity index (χ2n) is 5.33. The molecular formula is C15H15F3O2. The summed E-state index contributed by atoms with van der Waals surface area (Å²) in [6.45, 7) is 2.96. The summed E-state index contributed by atoms with van der Waals surface area (Å²) in [5.74, 6) is -3.70. The van der Waals surface area contributed by atoms with Gasteiger partial charge in [0.25, 0.3) is 0 Å². The quantitative estimate of drug-likeness (QED) is 0.733. The summed E-state index contributed by atoms with van der Waals surface area (Å²) < 4.78 is 51.7. The molecule has 0 amide bonds. The molecule has 1 aliphatic carbocycles. The van der Waals surface area contributed by atoms with Gasteiger partial charge in [-0.2, -0.15) is 0 Å². The van der Waals surface area contributed by atoms with Crippen LogP contribution >= 0.6 is 0 Å². The van der Waals surface area contributed by atoms with Crippen molar-refractivity contribution in [3.8, 4) is 0 Å². The SMILES string of the molecule is CC1CC2(CC=C1c1cc(F)cc(F)c1F)OCCO2. The van der Waals surface area contributed by atoms with E-state index in [2.05, 4.69) is 0 Å². The summed E-state index contributed by atoms with van der Waals surface area (Å²) in [5.41, 5.74) is 0.591. The molecule has 1 atom stereocenters. The second-order valence-corrected chi connectivity index (χ2v) is 5.33. The molecular weight excluding hydrogens is 269 g/mol. The molecule has 1 fully saturated rings. The van der Waals surface area contributed by atoms with Gasteiger partial charge >= 0.3 is 0 Å². The van der Waals surface area contributed by atoms with Gasteiger partial charge in [0, 0.05) is 24.5 Å². The van der Waals surface area contributed by atoms with Crippen LogP contribution in [0.5, 0.6) is 0 Å². The molecule has 1 unspecified atom stereocenters. The lowest BCUT2D eigenvalue weighted by Crippen LogP contribution is -2.35. The van der Waals surface area contributed by atoms with E-state index < -0.39 is 23.2 Å². The van der Waals surface area contributed by atoms with Gasteiger partial charge in [-0.15, -0.1) is 0 Å². The number of hydrogen-bond acceptors (Lipinski definition) is 2. The third-order valence-corrected chi connectivity index (χ3v) is 3.90. The van der Waals surface area contributed by atoms with Crippen molar-refractivity contribution in [1.82, 2.24) is 0 Å². The van der Waals surface area contributed by atoms with Gasteiger partial charge in [0.1, 0.15) is 5.82 Å². The Labute approximate surface area is 115 Å². The first-order valence-electron chi connectivity index (χ1n) is 6.64. The van der Waals surface area contributed by atoms with Gasteiger partial charge < -0.3 is 9.47 Å². The Kier molecular flexibility index (Phi) is 3.34. The monoisotopic (exact) mass is 284 g/mol. The molecule has 0 bridgehead atoms. The number of halogens is 3. The summed E-state index contributed by atoms with van der Waals surface area (Å²) in [7, 11) is 0. The fourth-order valence-corrected chi connectivity index (χ4v) is 3.00. The van der Waals surface area contributed by atoms with Crippen LogP contribution in [0.4, 0.5) is 13.2 Å². The summed E-state index contributed by atoms with van der Waals surface area (Å²) in [4.78, 5) is 0. The first kappa shape index (κ1) is 13.6. The molecule has 1 aliphatic heterocycles. The molecule has 0 radical (unpaired) electrons. The van der Waals surface area contributed by atoms with E-state index in [4.69, 9.17) is 9.47 Å². The molecule has 1 aromatic carbocycles. The molecule has 108 valence electrons. The highest BCUT2D eigenvalue weighted by molar-refractivity contribution is 5.69. The van der Waals surface area contributed by atoms with Gasteiger partial charge in [-0.25, -0.2) is 13.2 Å². The van der Waals surface area contributed by atoms with Crippen LogP contribution in [0.3, 0.4) is 0 Å². The minimum absolute atomic E-state index is 0.0113. The van der Waals surface area contributed by atoms with Gasteiger partial charge in [-0.3, -0.25) is 0 Å². The zero-order valence-corrected chi connectivity index (χ0v) is 11.1. The van der Waals surface area contributed by atoms with Gasteiger partial charge in [0.15, 0.2) is 17.4 Å². The maximum absolute atomic E-state index is 13.9. The summed E-state index contributed by atoms with van der Waals surface area (Å²) in [5, 5.41) is 0. The third-order valence-electron chi connectivity index (χ3n) is 3.90. The minimum atomic E-state index is -1.17. The highest BCUT2D eigenvalue weighted by Crippen LogP contribution is 2.42. The molecule has 1 heterocycles. The van der Waals surface area contributed by atoms with Crippen molar-refractivity contribution in [1.29, 1.82) is 0 Å². The van der Waals surface area contributed by atoms with E-state index in [1.54, 1.807) is 6.08 Å². The van der Waals surface area contributed by atoms with Crippen LogP contribution in [0.25, 0.3) is 5.57 Å². The van der Waals surface area contributed by atoms with E-state index in [0.717, 1.165) is 6.07 Å². The molecule has 1 aromatic rings. The minimum Gasteiger partial charge on any atom is -0.347 e. The molecule has 0 aromatic heterocycles. The summed E-state index contributed by atoms with van der Waals surface area (Å²) in [6, 6.07) is 1.59. The van der Waals surface area contributed by atoms with Crippen molar-refractivity contribution in [2.24, 2.45) is 5.92 Å². The predicted octanol–water partition coefficient (Wildman–Crippen LogP) is 3.66. The maximum Gasteiger partial charge on any atom is 0.172 e. The van der Waals surface area contributed by atoms with Crippen molar-refractivity contribution in [3.63, 3.8) is 0 Å². The normalized spacial score (nSPS) is 25.0. The molecule has 0 saturated carbocycles. The summed E-state index contributed by atoms with van der Waals surface area (Å²) >= 11 is 0. The average molecular weight is 284 g/mol. The van der Waals surface area contributed by atoms with Crippen LogP contribution in [-0.2, 0) is 9.47 Å². The van der Waals surface area contributed by atoms with E-state index in [9.17, 15) is 13.2 Å². The Morgan fingerprint density at radius 3 is 2.50 bits per heavy atom. The topological polar surface area (TPSA) is 18.5 Å². The maximum atomic E-state index is 13.9. The molecule has 0 N–H and O–H groups in total. The first-order chi connectivity index (χ1) is 9.51. The number of hydrogen-bond donors (Lipinski definition) is 0. The van der Waals surface area contributed by atoms with Crippen LogP contribution in [-0.4, -0.2) is 19.0 Å². The van der Waals surface area contributed by atoms with Crippen LogP contribution in [0.1, 0.15) is 25.3 Å². The Morgan fingerprint density at radius 1 is 1.15 bits per heavy atom. The van der Waals surface area contributed by atoms with Crippen LogP contribution < -0.4 is 0 Å². The van der Waals surface area contributed by atoms with E-state index in [0.29, 0.717) is 37.7 Å². The zero-order valence-electron chi connectivity index (χ0n) is 11.1. The number of rotatable bonds is 1. The molecule has 20 heavy (non-hydrogen) atoms. The fourth-order valence-electron chi connectivity index (χ4n) is 3.00. The Bertz CT molecular complexity index is 562. The number of benzene rings is 1. The number of allylic oxidation sites excluding steroid dienone is 1.